The van der Waals surface area contributed by atoms with Crippen molar-refractivity contribution in [3.8, 4) is 0 Å². The van der Waals surface area contributed by atoms with Gasteiger partial charge in [-0.25, -0.2) is 4.79 Å². The average molecular weight is 768 g/mol. The maximum Gasteiger partial charge on any atom is 0.408 e. The first-order valence-corrected chi connectivity index (χ1v) is 18.4. The predicted molar refractivity (Wildman–Crippen MR) is 212 cm³/mol. The van der Waals surface area contributed by atoms with Gasteiger partial charge < -0.3 is 36.1 Å². The smallest absolute Gasteiger partial charge is 0.408 e. The van der Waals surface area contributed by atoms with Crippen molar-refractivity contribution in [3.63, 3.8) is 0 Å². The van der Waals surface area contributed by atoms with E-state index >= 15 is 0 Å². The number of carbonyl (C=O) groups is 5. The fraction of sp³-hybridized carbons (Fsp3) is 0.310. The number of aliphatic carboxylic acids is 1. The normalized spacial score (nSPS) is 13.6. The quantitative estimate of drug-likeness (QED) is 0.0774. The van der Waals surface area contributed by atoms with Crippen molar-refractivity contribution in [2.75, 3.05) is 6.54 Å². The minimum Gasteiger partial charge on any atom is -0.481 e. The number of ether oxygens (including phenoxy) is 1. The lowest BCUT2D eigenvalue weighted by molar-refractivity contribution is -0.142. The Morgan fingerprint density at radius 3 is 2.18 bits per heavy atom. The van der Waals surface area contributed by atoms with Crippen molar-refractivity contribution in [2.24, 2.45) is 0 Å². The molecule has 0 radical (unpaired) electrons. The molecule has 6 N–H and O–H groups in total. The van der Waals surface area contributed by atoms with Gasteiger partial charge in [-0.3, -0.25) is 19.2 Å². The van der Waals surface area contributed by atoms with Crippen LogP contribution >= 0.6 is 11.6 Å². The molecule has 12 nitrogen and oxygen atoms in total. The average Bonchev–Trinajstić information content (AvgIpc) is 3.53. The van der Waals surface area contributed by atoms with Crippen LogP contribution in [0, 0.1) is 0 Å². The molecule has 3 atom stereocenters. The summed E-state index contributed by atoms with van der Waals surface area (Å²) >= 11 is 5.98. The summed E-state index contributed by atoms with van der Waals surface area (Å²) < 4.78 is 5.50. The second-order valence-electron chi connectivity index (χ2n) is 14.7. The van der Waals surface area contributed by atoms with Crippen LogP contribution in [0.3, 0.4) is 0 Å². The first-order valence-electron chi connectivity index (χ1n) is 18.0. The highest BCUT2D eigenvalue weighted by Crippen LogP contribution is 2.23. The number of carboxylic acids is 1. The zero-order valence-corrected chi connectivity index (χ0v) is 32.0. The zero-order valence-electron chi connectivity index (χ0n) is 31.2. The summed E-state index contributed by atoms with van der Waals surface area (Å²) in [5.74, 6) is -3.50. The van der Waals surface area contributed by atoms with Gasteiger partial charge in [-0.05, 0) is 79.8 Å². The number of nitrogens with one attached hydrogen (secondary N) is 5. The Morgan fingerprint density at radius 2 is 1.47 bits per heavy atom. The first kappa shape index (κ1) is 40.3. The van der Waals surface area contributed by atoms with Crippen molar-refractivity contribution >= 4 is 63.1 Å². The summed E-state index contributed by atoms with van der Waals surface area (Å²) in [6.07, 6.45) is 0.659. The van der Waals surface area contributed by atoms with Gasteiger partial charge >= 0.3 is 12.1 Å². The molecule has 288 valence electrons. The summed E-state index contributed by atoms with van der Waals surface area (Å²) in [5.41, 5.74) is 0.567. The van der Waals surface area contributed by atoms with Crippen LogP contribution < -0.4 is 21.3 Å². The largest absolute Gasteiger partial charge is 0.481 e. The topological polar surface area (TPSA) is 179 Å². The summed E-state index contributed by atoms with van der Waals surface area (Å²) in [6, 6.07) is 25.2. The summed E-state index contributed by atoms with van der Waals surface area (Å²) in [4.78, 5) is 70.3. The lowest BCUT2D eigenvalue weighted by Crippen LogP contribution is -2.64. The summed E-state index contributed by atoms with van der Waals surface area (Å²) in [5, 5.41) is 23.9. The van der Waals surface area contributed by atoms with Gasteiger partial charge in [0.1, 0.15) is 23.2 Å². The molecule has 0 aliphatic rings. The van der Waals surface area contributed by atoms with E-state index in [4.69, 9.17) is 16.3 Å². The number of carbonyl (C=O) groups excluding carboxylic acids is 4. The maximum atomic E-state index is 14.4. The van der Waals surface area contributed by atoms with Crippen LogP contribution in [-0.4, -0.2) is 69.6 Å². The molecule has 0 saturated carbocycles. The Hall–Kier alpha value is -5.88. The number of hydrogen-bond donors (Lipinski definition) is 6. The number of aromatic nitrogens is 1. The number of para-hydroxylation sites is 1. The van der Waals surface area contributed by atoms with E-state index in [0.717, 1.165) is 32.8 Å². The SMILES string of the molecule is CC(C)(C)OC(=O)N[C@@H](Cc1c[nH]c2ccccc12)C(=O)N[C@@](C)(Cc1ccc2ccccc2c1)C(=O)N[C@@H](CC(=O)O)C(=O)NCCc1ccc(Cl)cc1. The Kier molecular flexibility index (Phi) is 12.8. The second-order valence-corrected chi connectivity index (χ2v) is 15.2. The van der Waals surface area contributed by atoms with Crippen molar-refractivity contribution in [1.29, 1.82) is 0 Å². The van der Waals surface area contributed by atoms with Gasteiger partial charge in [0.25, 0.3) is 0 Å². The molecule has 5 aromatic rings. The van der Waals surface area contributed by atoms with E-state index in [2.05, 4.69) is 26.3 Å². The van der Waals surface area contributed by atoms with Gasteiger partial charge in [-0.2, -0.15) is 0 Å². The van der Waals surface area contributed by atoms with Crippen LogP contribution in [0.15, 0.2) is 97.2 Å². The molecule has 0 aliphatic carbocycles. The Labute approximate surface area is 324 Å². The Bertz CT molecular complexity index is 2180. The van der Waals surface area contributed by atoms with E-state index < -0.39 is 59.4 Å². The molecule has 55 heavy (non-hydrogen) atoms. The van der Waals surface area contributed by atoms with Crippen molar-refractivity contribution in [3.05, 3.63) is 119 Å². The molecule has 0 unspecified atom stereocenters. The minimum absolute atomic E-state index is 0.0420. The lowest BCUT2D eigenvalue weighted by Gasteiger charge is -2.33. The standard InChI is InChI=1S/C42H46ClN5O7/c1-41(2,3)55-40(54)47-34(22-30-25-45-33-12-8-7-11-32(30)33)38(52)48-42(4,24-27-13-16-28-9-5-6-10-29(28)21-27)39(53)46-35(23-36(49)50)37(51)44-20-19-26-14-17-31(43)18-15-26/h5-18,21,25,34-35,45H,19-20,22-24H2,1-4H3,(H,44,51)(H,46,53)(H,47,54)(H,48,52)(H,49,50)/t34-,35-,42-/m0/s1. The number of H-pyrrole nitrogens is 1. The summed E-state index contributed by atoms with van der Waals surface area (Å²) in [6.45, 7) is 6.78. The van der Waals surface area contributed by atoms with E-state index in [0.29, 0.717) is 17.0 Å². The number of alkyl carbamates (subject to hydrolysis) is 1. The molecule has 0 bridgehead atoms. The monoisotopic (exact) mass is 767 g/mol. The van der Waals surface area contributed by atoms with E-state index in [9.17, 15) is 29.1 Å². The molecule has 4 aromatic carbocycles. The van der Waals surface area contributed by atoms with Crippen LogP contribution in [0.25, 0.3) is 21.7 Å². The number of amides is 4. The van der Waals surface area contributed by atoms with Crippen LogP contribution in [-0.2, 0) is 43.2 Å². The number of fused-ring (bicyclic) bond motifs is 2. The molecule has 0 fully saturated rings. The second kappa shape index (κ2) is 17.5. The van der Waals surface area contributed by atoms with Crippen LogP contribution in [0.5, 0.6) is 0 Å². The lowest BCUT2D eigenvalue weighted by atomic mass is 9.89. The molecule has 0 aliphatic heterocycles. The van der Waals surface area contributed by atoms with Gasteiger partial charge in [-0.15, -0.1) is 0 Å². The fourth-order valence-corrected chi connectivity index (χ4v) is 6.41. The molecule has 5 rings (SSSR count). The summed E-state index contributed by atoms with van der Waals surface area (Å²) in [7, 11) is 0. The third-order valence-electron chi connectivity index (χ3n) is 9.00. The van der Waals surface area contributed by atoms with E-state index in [1.165, 1.54) is 6.92 Å². The molecular formula is C42H46ClN5O7. The molecular weight excluding hydrogens is 722 g/mol. The van der Waals surface area contributed by atoms with Gasteiger partial charge in [0.15, 0.2) is 0 Å². The highest BCUT2D eigenvalue weighted by Gasteiger charge is 2.40. The van der Waals surface area contributed by atoms with Crippen molar-refractivity contribution < 1.29 is 33.8 Å². The van der Waals surface area contributed by atoms with Crippen LogP contribution in [0.1, 0.15) is 50.8 Å². The van der Waals surface area contributed by atoms with E-state index in [1.54, 1.807) is 39.1 Å². The zero-order chi connectivity index (χ0) is 39.8. The van der Waals surface area contributed by atoms with E-state index in [-0.39, 0.29) is 19.4 Å². The minimum atomic E-state index is -1.74. The number of aromatic amines is 1. The number of rotatable bonds is 15. The molecule has 4 amide bonds. The van der Waals surface area contributed by atoms with Crippen molar-refractivity contribution in [2.45, 2.75) is 76.6 Å². The highest BCUT2D eigenvalue weighted by molar-refractivity contribution is 6.30. The van der Waals surface area contributed by atoms with Gasteiger partial charge in [0.2, 0.25) is 17.7 Å². The number of halogens is 1. The van der Waals surface area contributed by atoms with Crippen molar-refractivity contribution in [1.82, 2.24) is 26.3 Å². The first-order chi connectivity index (χ1) is 26.1. The Morgan fingerprint density at radius 1 is 0.800 bits per heavy atom. The highest BCUT2D eigenvalue weighted by atomic mass is 35.5. The maximum absolute atomic E-state index is 14.4. The molecule has 1 aromatic heterocycles. The van der Waals surface area contributed by atoms with Crippen LogP contribution in [0.2, 0.25) is 5.02 Å². The van der Waals surface area contributed by atoms with Crippen LogP contribution in [0.4, 0.5) is 4.79 Å². The van der Waals surface area contributed by atoms with Gasteiger partial charge in [0, 0.05) is 41.5 Å². The number of carboxylic acid groups (broad SMARTS) is 1. The third-order valence-corrected chi connectivity index (χ3v) is 9.26. The molecule has 0 saturated heterocycles. The van der Waals surface area contributed by atoms with Gasteiger partial charge in [0.05, 0.1) is 6.42 Å². The predicted octanol–water partition coefficient (Wildman–Crippen LogP) is 5.85. The molecule has 13 heteroatoms. The number of hydrogen-bond acceptors (Lipinski definition) is 6. The third kappa shape index (κ3) is 11.3. The fourth-order valence-electron chi connectivity index (χ4n) is 6.28. The Balaban J connectivity index is 1.43. The number of benzene rings is 4. The van der Waals surface area contributed by atoms with Gasteiger partial charge in [-0.1, -0.05) is 84.4 Å². The molecule has 0 spiro atoms. The van der Waals surface area contributed by atoms with E-state index in [1.807, 2.05) is 78.9 Å². The molecule has 1 heterocycles.